The Labute approximate surface area is 170 Å². The van der Waals surface area contributed by atoms with Crippen LogP contribution in [-0.2, 0) is 13.0 Å². The van der Waals surface area contributed by atoms with Gasteiger partial charge in [0.25, 0.3) is 0 Å². The minimum Gasteiger partial charge on any atom is -0.362 e. The van der Waals surface area contributed by atoms with Crippen molar-refractivity contribution in [2.24, 2.45) is 5.73 Å². The summed E-state index contributed by atoms with van der Waals surface area (Å²) < 4.78 is 13.9. The molecule has 138 valence electrons. The molecule has 11 heteroatoms. The van der Waals surface area contributed by atoms with Crippen LogP contribution < -0.4 is 11.1 Å². The number of halogens is 4. The molecule has 0 aliphatic rings. The molecule has 0 radical (unpaired) electrons. The maximum absolute atomic E-state index is 13.0. The highest BCUT2D eigenvalue weighted by Crippen LogP contribution is 2.35. The minimum absolute atomic E-state index is 0. The standard InChI is InChI=1S/C14H15ClFN5S2.2ClH/c1-6(17)3-8-7(2)11-12(22-8)13(21-14(15)20-11)19-5-10-18-4-9(16)23-10;;/h4,6H,3,5,17H2,1-2H3,(H,19,20,21);2*1H. The molecule has 0 aliphatic carbocycles. The van der Waals surface area contributed by atoms with Crippen molar-refractivity contribution in [3.8, 4) is 0 Å². The number of rotatable bonds is 5. The molecule has 1 atom stereocenters. The molecule has 0 fully saturated rings. The molecular formula is C14H17Cl3FN5S2. The maximum atomic E-state index is 13.0. The summed E-state index contributed by atoms with van der Waals surface area (Å²) in [6.45, 7) is 4.37. The highest BCUT2D eigenvalue weighted by Gasteiger charge is 2.16. The zero-order chi connectivity index (χ0) is 16.6. The summed E-state index contributed by atoms with van der Waals surface area (Å²) in [6, 6.07) is 0.0693. The van der Waals surface area contributed by atoms with Crippen LogP contribution in [0, 0.1) is 12.1 Å². The molecule has 3 heterocycles. The van der Waals surface area contributed by atoms with Gasteiger partial charge >= 0.3 is 0 Å². The lowest BCUT2D eigenvalue weighted by molar-refractivity contribution is 0.653. The monoisotopic (exact) mass is 443 g/mol. The fourth-order valence-electron chi connectivity index (χ4n) is 2.24. The van der Waals surface area contributed by atoms with Crippen LogP contribution in [0.5, 0.6) is 0 Å². The van der Waals surface area contributed by atoms with Gasteiger partial charge in [0.05, 0.1) is 23.0 Å². The van der Waals surface area contributed by atoms with E-state index in [1.54, 1.807) is 11.3 Å². The third-order valence-electron chi connectivity index (χ3n) is 3.28. The van der Waals surface area contributed by atoms with Crippen LogP contribution in [0.1, 0.15) is 22.4 Å². The Morgan fingerprint density at radius 1 is 1.32 bits per heavy atom. The molecule has 0 saturated heterocycles. The molecule has 3 rings (SSSR count). The number of hydrogen-bond acceptors (Lipinski definition) is 7. The highest BCUT2D eigenvalue weighted by atomic mass is 35.5. The molecule has 0 saturated carbocycles. The highest BCUT2D eigenvalue weighted by molar-refractivity contribution is 7.19. The summed E-state index contributed by atoms with van der Waals surface area (Å²) >= 11 is 8.66. The van der Waals surface area contributed by atoms with Gasteiger partial charge < -0.3 is 11.1 Å². The molecular weight excluding hydrogens is 428 g/mol. The number of fused-ring (bicyclic) bond motifs is 1. The number of nitrogens with zero attached hydrogens (tertiary/aromatic N) is 3. The predicted octanol–water partition coefficient (Wildman–Crippen LogP) is 4.59. The fraction of sp³-hybridized carbons (Fsp3) is 0.357. The van der Waals surface area contributed by atoms with Gasteiger partial charge in [-0.2, -0.15) is 9.37 Å². The van der Waals surface area contributed by atoms with E-state index in [0.717, 1.165) is 33.5 Å². The molecule has 0 spiro atoms. The zero-order valence-corrected chi connectivity index (χ0v) is 17.4. The first kappa shape index (κ1) is 22.3. The van der Waals surface area contributed by atoms with Crippen LogP contribution in [0.2, 0.25) is 5.28 Å². The Kier molecular flexibility index (Phi) is 8.24. The van der Waals surface area contributed by atoms with Crippen molar-refractivity contribution in [2.45, 2.75) is 32.9 Å². The van der Waals surface area contributed by atoms with Gasteiger partial charge in [-0.05, 0) is 37.4 Å². The smallest absolute Gasteiger partial charge is 0.224 e. The Hall–Kier alpha value is -0.770. The molecule has 25 heavy (non-hydrogen) atoms. The van der Waals surface area contributed by atoms with Crippen LogP contribution in [0.3, 0.4) is 0 Å². The Morgan fingerprint density at radius 2 is 2.04 bits per heavy atom. The summed E-state index contributed by atoms with van der Waals surface area (Å²) in [5.41, 5.74) is 7.82. The van der Waals surface area contributed by atoms with E-state index in [2.05, 4.69) is 20.3 Å². The van der Waals surface area contributed by atoms with Crippen molar-refractivity contribution in [2.75, 3.05) is 5.32 Å². The normalized spacial score (nSPS) is 11.7. The number of nitrogens with two attached hydrogens (primary N) is 1. The van der Waals surface area contributed by atoms with Gasteiger partial charge in [0.2, 0.25) is 5.28 Å². The lowest BCUT2D eigenvalue weighted by Crippen LogP contribution is -2.17. The van der Waals surface area contributed by atoms with Crippen molar-refractivity contribution < 1.29 is 4.39 Å². The molecule has 3 aromatic heterocycles. The van der Waals surface area contributed by atoms with Gasteiger partial charge in [-0.15, -0.1) is 36.2 Å². The summed E-state index contributed by atoms with van der Waals surface area (Å²) in [5.74, 6) is 0.639. The average molecular weight is 445 g/mol. The molecule has 0 aromatic carbocycles. The van der Waals surface area contributed by atoms with Crippen LogP contribution in [-0.4, -0.2) is 21.0 Å². The topological polar surface area (TPSA) is 76.7 Å². The van der Waals surface area contributed by atoms with Gasteiger partial charge in [0, 0.05) is 10.9 Å². The Morgan fingerprint density at radius 3 is 2.64 bits per heavy atom. The molecule has 3 N–H and O–H groups in total. The van der Waals surface area contributed by atoms with Crippen LogP contribution in [0.15, 0.2) is 6.20 Å². The summed E-state index contributed by atoms with van der Waals surface area (Å²) in [5, 5.41) is 3.70. The summed E-state index contributed by atoms with van der Waals surface area (Å²) in [4.78, 5) is 13.8. The van der Waals surface area contributed by atoms with Gasteiger partial charge in [0.15, 0.2) is 5.13 Å². The second-order valence-electron chi connectivity index (χ2n) is 5.26. The number of aryl methyl sites for hydroxylation is 1. The number of aromatic nitrogens is 3. The third kappa shape index (κ3) is 5.12. The molecule has 0 aliphatic heterocycles. The van der Waals surface area contributed by atoms with Crippen molar-refractivity contribution in [1.29, 1.82) is 0 Å². The number of anilines is 1. The van der Waals surface area contributed by atoms with Gasteiger partial charge in [0.1, 0.15) is 10.8 Å². The molecule has 3 aromatic rings. The van der Waals surface area contributed by atoms with E-state index in [-0.39, 0.29) is 41.3 Å². The third-order valence-corrected chi connectivity index (χ3v) is 5.54. The van der Waals surface area contributed by atoms with Gasteiger partial charge in [-0.1, -0.05) is 11.3 Å². The number of thiophene rings is 1. The summed E-state index contributed by atoms with van der Waals surface area (Å²) in [7, 11) is 0. The van der Waals surface area contributed by atoms with E-state index in [1.165, 1.54) is 11.1 Å². The van der Waals surface area contributed by atoms with E-state index in [9.17, 15) is 4.39 Å². The van der Waals surface area contributed by atoms with E-state index < -0.39 is 0 Å². The number of nitrogens with one attached hydrogen (secondary N) is 1. The summed E-state index contributed by atoms with van der Waals surface area (Å²) in [6.07, 6.45) is 1.99. The van der Waals surface area contributed by atoms with E-state index in [0.29, 0.717) is 17.4 Å². The molecule has 0 amide bonds. The van der Waals surface area contributed by atoms with Crippen LogP contribution in [0.4, 0.5) is 10.2 Å². The zero-order valence-electron chi connectivity index (χ0n) is 13.4. The largest absolute Gasteiger partial charge is 0.362 e. The SMILES string of the molecule is Cc1c(CC(C)N)sc2c(NCc3ncc(F)s3)nc(Cl)nc12.Cl.Cl. The maximum Gasteiger partial charge on any atom is 0.224 e. The lowest BCUT2D eigenvalue weighted by atomic mass is 10.1. The van der Waals surface area contributed by atoms with E-state index in [1.807, 2.05) is 13.8 Å². The second kappa shape index (κ2) is 9.25. The first-order chi connectivity index (χ1) is 10.9. The van der Waals surface area contributed by atoms with Crippen LogP contribution >= 0.6 is 59.1 Å². The van der Waals surface area contributed by atoms with E-state index >= 15 is 0 Å². The average Bonchev–Trinajstić information content (AvgIpc) is 3.02. The Bertz CT molecular complexity index is 852. The Balaban J connectivity index is 0.00000156. The number of hydrogen-bond donors (Lipinski definition) is 2. The first-order valence-corrected chi connectivity index (χ1v) is 9.00. The first-order valence-electron chi connectivity index (χ1n) is 6.99. The fourth-order valence-corrected chi connectivity index (χ4v) is 4.34. The quantitative estimate of drug-likeness (QED) is 0.563. The van der Waals surface area contributed by atoms with Crippen molar-refractivity contribution in [1.82, 2.24) is 15.0 Å². The molecule has 0 bridgehead atoms. The van der Waals surface area contributed by atoms with Crippen molar-refractivity contribution in [3.63, 3.8) is 0 Å². The van der Waals surface area contributed by atoms with Gasteiger partial charge in [-0.3, -0.25) is 0 Å². The van der Waals surface area contributed by atoms with Crippen LogP contribution in [0.25, 0.3) is 10.2 Å². The molecule has 1 unspecified atom stereocenters. The van der Waals surface area contributed by atoms with Crippen molar-refractivity contribution in [3.05, 3.63) is 32.1 Å². The minimum atomic E-state index is -0.307. The number of thiazole rings is 1. The lowest BCUT2D eigenvalue weighted by Gasteiger charge is -2.05. The molecule has 5 nitrogen and oxygen atoms in total. The van der Waals surface area contributed by atoms with E-state index in [4.69, 9.17) is 17.3 Å². The predicted molar refractivity (Wildman–Crippen MR) is 108 cm³/mol. The van der Waals surface area contributed by atoms with Crippen molar-refractivity contribution >= 4 is 75.1 Å². The second-order valence-corrected chi connectivity index (χ2v) is 7.77. The van der Waals surface area contributed by atoms with Gasteiger partial charge in [-0.25, -0.2) is 9.97 Å².